The summed E-state index contributed by atoms with van der Waals surface area (Å²) in [6.07, 6.45) is 1.53. The quantitative estimate of drug-likeness (QED) is 0.626. The minimum absolute atomic E-state index is 0.0287. The van der Waals surface area contributed by atoms with Crippen molar-refractivity contribution in [2.45, 2.75) is 46.2 Å². The summed E-state index contributed by atoms with van der Waals surface area (Å²) in [6, 6.07) is 0. The van der Waals surface area contributed by atoms with Crippen LogP contribution < -0.4 is 10.9 Å². The van der Waals surface area contributed by atoms with Crippen molar-refractivity contribution in [1.82, 2.24) is 10.9 Å². The lowest BCUT2D eigenvalue weighted by atomic mass is 9.87. The van der Waals surface area contributed by atoms with Crippen LogP contribution in [0.25, 0.3) is 0 Å². The van der Waals surface area contributed by atoms with Crippen LogP contribution in [0.1, 0.15) is 40.5 Å². The van der Waals surface area contributed by atoms with Crippen LogP contribution in [0.2, 0.25) is 0 Å². The highest BCUT2D eigenvalue weighted by molar-refractivity contribution is 5.83. The molecule has 1 aliphatic heterocycles. The smallest absolute Gasteiger partial charge is 0.138 e. The summed E-state index contributed by atoms with van der Waals surface area (Å²) in [5, 5.41) is 0. The minimum atomic E-state index is -0.189. The number of carbonyl (C=O) groups excluding carboxylic acids is 1. The first-order valence-corrected chi connectivity index (χ1v) is 4.41. The third-order valence-corrected chi connectivity index (χ3v) is 2.24. The summed E-state index contributed by atoms with van der Waals surface area (Å²) in [4.78, 5) is 11.5. The predicted octanol–water partition coefficient (Wildman–Crippen LogP) is 1.21. The second-order valence-corrected chi connectivity index (χ2v) is 4.76. The molecule has 0 radical (unpaired) electrons. The predicted molar refractivity (Wildman–Crippen MR) is 48.4 cm³/mol. The van der Waals surface area contributed by atoms with Gasteiger partial charge in [0.2, 0.25) is 0 Å². The van der Waals surface area contributed by atoms with Crippen molar-refractivity contribution in [3.8, 4) is 0 Å². The molecule has 3 nitrogen and oxygen atoms in total. The molecule has 0 saturated carbocycles. The van der Waals surface area contributed by atoms with Gasteiger partial charge in [-0.1, -0.05) is 20.8 Å². The van der Waals surface area contributed by atoms with Gasteiger partial charge in [0, 0.05) is 11.8 Å². The van der Waals surface area contributed by atoms with Gasteiger partial charge in [-0.25, -0.2) is 10.9 Å². The summed E-state index contributed by atoms with van der Waals surface area (Å²) in [5.41, 5.74) is 5.87. The molecule has 0 atom stereocenters. The Hall–Kier alpha value is -0.410. The van der Waals surface area contributed by atoms with Crippen LogP contribution in [0.4, 0.5) is 0 Å². The number of hydrazine groups is 1. The van der Waals surface area contributed by atoms with E-state index in [0.717, 1.165) is 6.42 Å². The largest absolute Gasteiger partial charge is 0.299 e. The molecule has 3 heteroatoms. The van der Waals surface area contributed by atoms with Gasteiger partial charge in [-0.05, 0) is 13.3 Å². The molecule has 0 aromatic carbocycles. The zero-order valence-corrected chi connectivity index (χ0v) is 8.32. The van der Waals surface area contributed by atoms with Crippen LogP contribution >= 0.6 is 0 Å². The zero-order valence-electron chi connectivity index (χ0n) is 8.32. The third kappa shape index (κ3) is 2.57. The molecule has 2 N–H and O–H groups in total. The van der Waals surface area contributed by atoms with Crippen LogP contribution in [0.15, 0.2) is 0 Å². The van der Waals surface area contributed by atoms with E-state index in [1.165, 1.54) is 0 Å². The van der Waals surface area contributed by atoms with Crippen LogP contribution in [-0.2, 0) is 4.79 Å². The maximum atomic E-state index is 11.5. The van der Waals surface area contributed by atoms with Crippen molar-refractivity contribution in [2.24, 2.45) is 5.41 Å². The monoisotopic (exact) mass is 170 g/mol. The third-order valence-electron chi connectivity index (χ3n) is 2.24. The van der Waals surface area contributed by atoms with E-state index in [1.807, 2.05) is 20.8 Å². The van der Waals surface area contributed by atoms with E-state index >= 15 is 0 Å². The van der Waals surface area contributed by atoms with E-state index in [2.05, 4.69) is 17.8 Å². The SMILES string of the molecule is CC1(CCC(=O)C(C)(C)C)NN1. The van der Waals surface area contributed by atoms with Gasteiger partial charge in [0.25, 0.3) is 0 Å². The van der Waals surface area contributed by atoms with Gasteiger partial charge >= 0.3 is 0 Å². The van der Waals surface area contributed by atoms with E-state index in [4.69, 9.17) is 0 Å². The van der Waals surface area contributed by atoms with E-state index in [1.54, 1.807) is 0 Å². The number of hydrogen-bond acceptors (Lipinski definition) is 3. The van der Waals surface area contributed by atoms with Crippen molar-refractivity contribution in [3.63, 3.8) is 0 Å². The van der Waals surface area contributed by atoms with Crippen LogP contribution in [0, 0.1) is 5.41 Å². The lowest BCUT2D eigenvalue weighted by Crippen LogP contribution is -2.23. The van der Waals surface area contributed by atoms with E-state index in [-0.39, 0.29) is 11.1 Å². The fourth-order valence-corrected chi connectivity index (χ4v) is 0.970. The van der Waals surface area contributed by atoms with Gasteiger partial charge in [-0.15, -0.1) is 0 Å². The van der Waals surface area contributed by atoms with Crippen molar-refractivity contribution >= 4 is 5.78 Å². The normalized spacial score (nSPS) is 20.7. The zero-order chi connectivity index (χ0) is 9.41. The summed E-state index contributed by atoms with van der Waals surface area (Å²) in [5.74, 6) is 0.333. The molecule has 1 rings (SSSR count). The first kappa shape index (κ1) is 9.68. The van der Waals surface area contributed by atoms with Gasteiger partial charge in [-0.3, -0.25) is 4.79 Å². The Morgan fingerprint density at radius 2 is 1.83 bits per heavy atom. The molecule has 12 heavy (non-hydrogen) atoms. The molecular formula is C9H18N2O. The summed E-state index contributed by atoms with van der Waals surface area (Å²) >= 11 is 0. The Balaban J connectivity index is 2.28. The van der Waals surface area contributed by atoms with E-state index < -0.39 is 0 Å². The number of hydrogen-bond donors (Lipinski definition) is 2. The van der Waals surface area contributed by atoms with Crippen LogP contribution in [-0.4, -0.2) is 11.4 Å². The first-order chi connectivity index (χ1) is 5.33. The maximum Gasteiger partial charge on any atom is 0.138 e. The Kier molecular flexibility index (Phi) is 2.27. The van der Waals surface area contributed by atoms with Gasteiger partial charge < -0.3 is 0 Å². The summed E-state index contributed by atoms with van der Waals surface area (Å²) in [6.45, 7) is 7.95. The first-order valence-electron chi connectivity index (χ1n) is 4.41. The van der Waals surface area contributed by atoms with Crippen molar-refractivity contribution in [3.05, 3.63) is 0 Å². The molecule has 70 valence electrons. The van der Waals surface area contributed by atoms with Crippen molar-refractivity contribution in [2.75, 3.05) is 0 Å². The highest BCUT2D eigenvalue weighted by Crippen LogP contribution is 2.22. The molecule has 0 spiro atoms. The molecule has 0 amide bonds. The average molecular weight is 170 g/mol. The lowest BCUT2D eigenvalue weighted by molar-refractivity contribution is -0.126. The number of ketones is 1. The highest BCUT2D eigenvalue weighted by Gasteiger charge is 2.36. The molecule has 0 unspecified atom stereocenters. The molecule has 0 bridgehead atoms. The Labute approximate surface area is 73.9 Å². The molecule has 1 aliphatic rings. The highest BCUT2D eigenvalue weighted by atomic mass is 16.1. The van der Waals surface area contributed by atoms with Crippen LogP contribution in [0.3, 0.4) is 0 Å². The second kappa shape index (κ2) is 2.82. The van der Waals surface area contributed by atoms with Crippen LogP contribution in [0.5, 0.6) is 0 Å². The van der Waals surface area contributed by atoms with Gasteiger partial charge in [0.05, 0.1) is 5.66 Å². The fraction of sp³-hybridized carbons (Fsp3) is 0.889. The Morgan fingerprint density at radius 3 is 2.17 bits per heavy atom. The number of nitrogens with one attached hydrogen (secondary N) is 2. The topological polar surface area (TPSA) is 61.0 Å². The maximum absolute atomic E-state index is 11.5. The lowest BCUT2D eigenvalue weighted by Gasteiger charge is -2.16. The minimum Gasteiger partial charge on any atom is -0.299 e. The van der Waals surface area contributed by atoms with Gasteiger partial charge in [0.1, 0.15) is 5.78 Å². The van der Waals surface area contributed by atoms with E-state index in [0.29, 0.717) is 12.2 Å². The fourth-order valence-electron chi connectivity index (χ4n) is 0.970. The molecule has 0 aromatic rings. The Morgan fingerprint density at radius 1 is 1.33 bits per heavy atom. The average Bonchev–Trinajstić information content (AvgIpc) is 2.62. The molecule has 0 aromatic heterocycles. The number of rotatable bonds is 3. The summed E-state index contributed by atoms with van der Waals surface area (Å²) < 4.78 is 0. The number of Topliss-reactive ketones (excluding diaryl/α,β-unsaturated/α-hetero) is 1. The number of carbonyl (C=O) groups is 1. The Bertz CT molecular complexity index is 189. The molecule has 1 heterocycles. The molecule has 1 saturated heterocycles. The molecule has 0 aliphatic carbocycles. The molecule has 1 fully saturated rings. The summed E-state index contributed by atoms with van der Waals surface area (Å²) in [7, 11) is 0. The van der Waals surface area contributed by atoms with Crippen molar-refractivity contribution < 1.29 is 4.79 Å². The van der Waals surface area contributed by atoms with Crippen molar-refractivity contribution in [1.29, 1.82) is 0 Å². The van der Waals surface area contributed by atoms with E-state index in [9.17, 15) is 4.79 Å². The standard InChI is InChI=1S/C9H18N2O/c1-8(2,3)7(12)5-6-9(4)10-11-9/h10-11H,5-6H2,1-4H3. The second-order valence-electron chi connectivity index (χ2n) is 4.76. The molecular weight excluding hydrogens is 152 g/mol. The van der Waals surface area contributed by atoms with Gasteiger partial charge in [-0.2, -0.15) is 0 Å². The van der Waals surface area contributed by atoms with Gasteiger partial charge in [0.15, 0.2) is 0 Å².